The highest BCUT2D eigenvalue weighted by Gasteiger charge is 2.35. The number of nitrogens with one attached hydrogen (secondary N) is 1. The van der Waals surface area contributed by atoms with E-state index >= 15 is 0 Å². The van der Waals surface area contributed by atoms with Gasteiger partial charge >= 0.3 is 0 Å². The summed E-state index contributed by atoms with van der Waals surface area (Å²) in [7, 11) is 3.10. The predicted molar refractivity (Wildman–Crippen MR) is 149 cm³/mol. The van der Waals surface area contributed by atoms with Gasteiger partial charge in [0.15, 0.2) is 11.5 Å². The van der Waals surface area contributed by atoms with Crippen molar-refractivity contribution in [3.05, 3.63) is 78.4 Å². The molecule has 1 saturated carbocycles. The van der Waals surface area contributed by atoms with Gasteiger partial charge in [-0.15, -0.1) is 5.10 Å². The van der Waals surface area contributed by atoms with Crippen LogP contribution in [0.4, 0.5) is 5.69 Å². The van der Waals surface area contributed by atoms with E-state index in [9.17, 15) is 9.59 Å². The number of hydrogen-bond donors (Lipinski definition) is 1. The Kier molecular flexibility index (Phi) is 8.05. The number of benzene rings is 3. The third-order valence-electron chi connectivity index (χ3n) is 7.19. The van der Waals surface area contributed by atoms with Crippen LogP contribution in [0.3, 0.4) is 0 Å². The molecule has 1 aliphatic carbocycles. The fraction of sp³-hybridized carbons (Fsp3) is 0.333. The molecule has 1 N–H and O–H groups in total. The first-order chi connectivity index (χ1) is 19.1. The lowest BCUT2D eigenvalue weighted by Gasteiger charge is -2.33. The van der Waals surface area contributed by atoms with Crippen LogP contribution in [0.2, 0.25) is 0 Å². The van der Waals surface area contributed by atoms with Gasteiger partial charge in [-0.1, -0.05) is 66.9 Å². The number of rotatable bonds is 9. The van der Waals surface area contributed by atoms with Crippen LogP contribution in [0.1, 0.15) is 43.7 Å². The van der Waals surface area contributed by atoms with Crippen LogP contribution < -0.4 is 19.7 Å². The van der Waals surface area contributed by atoms with Crippen molar-refractivity contribution >= 4 is 28.5 Å². The van der Waals surface area contributed by atoms with E-state index < -0.39 is 6.04 Å². The summed E-state index contributed by atoms with van der Waals surface area (Å²) in [5.74, 6) is 0.447. The van der Waals surface area contributed by atoms with Crippen molar-refractivity contribution in [3.8, 4) is 11.5 Å². The number of methoxy groups -OCH3 is 2. The van der Waals surface area contributed by atoms with Gasteiger partial charge in [-0.25, -0.2) is 4.68 Å². The van der Waals surface area contributed by atoms with Gasteiger partial charge < -0.3 is 14.8 Å². The van der Waals surface area contributed by atoms with Crippen molar-refractivity contribution in [3.63, 3.8) is 0 Å². The number of para-hydroxylation sites is 1. The molecule has 9 nitrogen and oxygen atoms in total. The van der Waals surface area contributed by atoms with Gasteiger partial charge in [0, 0.05) is 17.8 Å². The monoisotopic (exact) mass is 527 g/mol. The Morgan fingerprint density at radius 2 is 1.67 bits per heavy atom. The standard InChI is InChI=1S/C30H33N5O4/c1-38-26-18-17-23(19-27(26)39-2)35(28(36)20-34-25-16-10-9-15-24(25)32-33-34)29(21-11-5-3-6-12-21)30(37)31-22-13-7-4-8-14-22/h3,5-6,9-12,15-19,22,29H,4,7-8,13-14,20H2,1-2H3,(H,31,37). The molecule has 0 spiro atoms. The highest BCUT2D eigenvalue weighted by Crippen LogP contribution is 2.36. The van der Waals surface area contributed by atoms with E-state index in [1.165, 1.54) is 11.3 Å². The van der Waals surface area contributed by atoms with Gasteiger partial charge in [-0.2, -0.15) is 0 Å². The SMILES string of the molecule is COc1ccc(N(C(=O)Cn2nnc3ccccc32)C(C(=O)NC2CCCCC2)c2ccccc2)cc1OC. The molecule has 5 rings (SSSR count). The van der Waals surface area contributed by atoms with Gasteiger partial charge in [0.2, 0.25) is 11.8 Å². The maximum Gasteiger partial charge on any atom is 0.249 e. The fourth-order valence-electron chi connectivity index (χ4n) is 5.23. The summed E-state index contributed by atoms with van der Waals surface area (Å²) < 4.78 is 12.5. The second-order valence-electron chi connectivity index (χ2n) is 9.70. The van der Waals surface area contributed by atoms with Crippen LogP contribution >= 0.6 is 0 Å². The number of anilines is 1. The number of carbonyl (C=O) groups is 2. The van der Waals surface area contributed by atoms with Crippen LogP contribution in [0.5, 0.6) is 11.5 Å². The van der Waals surface area contributed by atoms with Crippen molar-refractivity contribution in [2.45, 2.75) is 50.7 Å². The summed E-state index contributed by atoms with van der Waals surface area (Å²) in [5, 5.41) is 11.7. The number of aromatic nitrogens is 3. The highest BCUT2D eigenvalue weighted by atomic mass is 16.5. The molecule has 1 aliphatic rings. The van der Waals surface area contributed by atoms with Crippen LogP contribution in [-0.2, 0) is 16.1 Å². The Balaban J connectivity index is 1.58. The number of hydrogen-bond acceptors (Lipinski definition) is 6. The zero-order valence-corrected chi connectivity index (χ0v) is 22.2. The summed E-state index contributed by atoms with van der Waals surface area (Å²) >= 11 is 0. The van der Waals surface area contributed by atoms with E-state index in [0.717, 1.165) is 31.2 Å². The fourth-order valence-corrected chi connectivity index (χ4v) is 5.23. The lowest BCUT2D eigenvalue weighted by atomic mass is 9.94. The predicted octanol–water partition coefficient (Wildman–Crippen LogP) is 4.67. The lowest BCUT2D eigenvalue weighted by Crippen LogP contribution is -2.48. The van der Waals surface area contributed by atoms with E-state index in [0.29, 0.717) is 28.3 Å². The summed E-state index contributed by atoms with van der Waals surface area (Å²) in [6.07, 6.45) is 5.21. The Hall–Kier alpha value is -4.40. The maximum absolute atomic E-state index is 14.2. The van der Waals surface area contributed by atoms with Crippen molar-refractivity contribution in [2.75, 3.05) is 19.1 Å². The van der Waals surface area contributed by atoms with Crippen LogP contribution in [0.15, 0.2) is 72.8 Å². The molecular formula is C30H33N5O4. The van der Waals surface area contributed by atoms with Gasteiger partial charge in [-0.3, -0.25) is 14.5 Å². The van der Waals surface area contributed by atoms with Crippen molar-refractivity contribution in [1.29, 1.82) is 0 Å². The summed E-state index contributed by atoms with van der Waals surface area (Å²) in [6, 6.07) is 21.3. The highest BCUT2D eigenvalue weighted by molar-refractivity contribution is 6.01. The molecule has 0 saturated heterocycles. The van der Waals surface area contributed by atoms with Crippen molar-refractivity contribution in [2.24, 2.45) is 0 Å². The topological polar surface area (TPSA) is 98.6 Å². The molecule has 4 aromatic rings. The molecule has 9 heteroatoms. The zero-order valence-electron chi connectivity index (χ0n) is 22.2. The van der Waals surface area contributed by atoms with E-state index in [2.05, 4.69) is 15.6 Å². The molecule has 1 unspecified atom stereocenters. The van der Waals surface area contributed by atoms with Gasteiger partial charge in [0.25, 0.3) is 0 Å². The third-order valence-corrected chi connectivity index (χ3v) is 7.19. The first-order valence-corrected chi connectivity index (χ1v) is 13.3. The average molecular weight is 528 g/mol. The minimum atomic E-state index is -0.909. The van der Waals surface area contributed by atoms with E-state index in [-0.39, 0.29) is 24.4 Å². The first-order valence-electron chi connectivity index (χ1n) is 13.3. The third kappa shape index (κ3) is 5.72. The van der Waals surface area contributed by atoms with E-state index in [1.54, 1.807) is 37.1 Å². The molecule has 1 atom stereocenters. The van der Waals surface area contributed by atoms with Crippen molar-refractivity contribution < 1.29 is 19.1 Å². The number of amides is 2. The Labute approximate surface area is 227 Å². The quantitative estimate of drug-likeness (QED) is 0.340. The number of nitrogens with zero attached hydrogens (tertiary/aromatic N) is 4. The second kappa shape index (κ2) is 12.0. The minimum absolute atomic E-state index is 0.0825. The largest absolute Gasteiger partial charge is 0.493 e. The van der Waals surface area contributed by atoms with Crippen LogP contribution in [0.25, 0.3) is 11.0 Å². The summed E-state index contributed by atoms with van der Waals surface area (Å²) in [6.45, 7) is -0.102. The van der Waals surface area contributed by atoms with Crippen LogP contribution in [-0.4, -0.2) is 47.1 Å². The molecule has 0 bridgehead atoms. The minimum Gasteiger partial charge on any atom is -0.493 e. The average Bonchev–Trinajstić information content (AvgIpc) is 3.38. The van der Waals surface area contributed by atoms with E-state index in [1.807, 2.05) is 54.6 Å². The first kappa shape index (κ1) is 26.2. The Morgan fingerprint density at radius 3 is 2.41 bits per heavy atom. The molecule has 1 heterocycles. The maximum atomic E-state index is 14.2. The number of ether oxygens (including phenoxy) is 2. The molecule has 1 aromatic heterocycles. The van der Waals surface area contributed by atoms with Crippen molar-refractivity contribution in [1.82, 2.24) is 20.3 Å². The number of carbonyl (C=O) groups excluding carboxylic acids is 2. The molecular weight excluding hydrogens is 494 g/mol. The summed E-state index contributed by atoms with van der Waals surface area (Å²) in [4.78, 5) is 29.8. The van der Waals surface area contributed by atoms with Crippen LogP contribution in [0, 0.1) is 0 Å². The Bertz CT molecular complexity index is 1430. The molecule has 1 fully saturated rings. The smallest absolute Gasteiger partial charge is 0.249 e. The lowest BCUT2D eigenvalue weighted by molar-refractivity contribution is -0.127. The Morgan fingerprint density at radius 1 is 0.949 bits per heavy atom. The number of fused-ring (bicyclic) bond motifs is 1. The molecule has 202 valence electrons. The molecule has 2 amide bonds. The summed E-state index contributed by atoms with van der Waals surface area (Å²) in [5.41, 5.74) is 2.64. The molecule has 0 radical (unpaired) electrons. The zero-order chi connectivity index (χ0) is 27.2. The second-order valence-corrected chi connectivity index (χ2v) is 9.70. The van der Waals surface area contributed by atoms with E-state index in [4.69, 9.17) is 9.47 Å². The van der Waals surface area contributed by atoms with Gasteiger partial charge in [-0.05, 0) is 42.7 Å². The van der Waals surface area contributed by atoms with Gasteiger partial charge in [0.05, 0.1) is 19.7 Å². The molecule has 0 aliphatic heterocycles. The molecule has 39 heavy (non-hydrogen) atoms. The normalized spacial score (nSPS) is 14.5. The molecule has 3 aromatic carbocycles. The van der Waals surface area contributed by atoms with Gasteiger partial charge in [0.1, 0.15) is 18.1 Å².